The first-order valence-corrected chi connectivity index (χ1v) is 9.25. The summed E-state index contributed by atoms with van der Waals surface area (Å²) in [7, 11) is 0. The minimum atomic E-state index is -0.443. The molecule has 1 aromatic carbocycles. The van der Waals surface area contributed by atoms with Crippen LogP contribution in [-0.4, -0.2) is 18.5 Å². The topological polar surface area (TPSA) is 65.7 Å². The number of fused-ring (bicyclic) bond motifs is 1. The highest BCUT2D eigenvalue weighted by Gasteiger charge is 2.53. The molecule has 5 nitrogen and oxygen atoms in total. The number of furan rings is 1. The summed E-state index contributed by atoms with van der Waals surface area (Å²) >= 11 is 5.85. The number of halogens is 1. The minimum Gasteiger partial charge on any atom is -0.472 e. The van der Waals surface area contributed by atoms with Crippen LogP contribution in [0.2, 0.25) is 5.02 Å². The first-order chi connectivity index (χ1) is 13.0. The van der Waals surface area contributed by atoms with Gasteiger partial charge in [0.05, 0.1) is 18.1 Å². The number of carbonyl (C=O) groups excluding carboxylic acids is 2. The molecule has 0 spiro atoms. The first kappa shape index (κ1) is 17.9. The fourth-order valence-corrected chi connectivity index (χ4v) is 4.21. The molecule has 1 aliphatic carbocycles. The van der Waals surface area contributed by atoms with Gasteiger partial charge in [-0.1, -0.05) is 18.5 Å². The summed E-state index contributed by atoms with van der Waals surface area (Å²) in [5, 5.41) is 0.554. The van der Waals surface area contributed by atoms with E-state index in [9.17, 15) is 9.59 Å². The van der Waals surface area contributed by atoms with Crippen molar-refractivity contribution in [1.82, 2.24) is 0 Å². The monoisotopic (exact) mass is 386 g/mol. The highest BCUT2D eigenvalue weighted by atomic mass is 35.5. The number of ether oxygens (including phenoxy) is 2. The summed E-state index contributed by atoms with van der Waals surface area (Å²) in [4.78, 5) is 24.9. The van der Waals surface area contributed by atoms with E-state index in [1.165, 1.54) is 0 Å². The van der Waals surface area contributed by atoms with Crippen LogP contribution < -0.4 is 0 Å². The van der Waals surface area contributed by atoms with Gasteiger partial charge in [-0.25, -0.2) is 9.59 Å². The van der Waals surface area contributed by atoms with Crippen LogP contribution in [0.3, 0.4) is 0 Å². The quantitative estimate of drug-likeness (QED) is 0.701. The van der Waals surface area contributed by atoms with Crippen LogP contribution in [0, 0.1) is 5.41 Å². The summed E-state index contributed by atoms with van der Waals surface area (Å²) in [5.74, 6) is -0.772. The molecule has 1 aromatic heterocycles. The molecule has 2 atom stereocenters. The van der Waals surface area contributed by atoms with Crippen LogP contribution in [0.5, 0.6) is 0 Å². The van der Waals surface area contributed by atoms with Gasteiger partial charge in [-0.3, -0.25) is 0 Å². The molecule has 6 heteroatoms. The molecule has 0 saturated carbocycles. The number of hydrogen-bond donors (Lipinski definition) is 0. The van der Waals surface area contributed by atoms with E-state index in [1.807, 2.05) is 13.0 Å². The summed E-state index contributed by atoms with van der Waals surface area (Å²) in [6.45, 7) is 2.12. The van der Waals surface area contributed by atoms with E-state index in [0.717, 1.165) is 24.0 Å². The Kier molecular flexibility index (Phi) is 4.56. The van der Waals surface area contributed by atoms with Crippen molar-refractivity contribution in [2.45, 2.75) is 32.3 Å². The van der Waals surface area contributed by atoms with Crippen LogP contribution in [-0.2, 0) is 14.3 Å². The van der Waals surface area contributed by atoms with Crippen LogP contribution in [0.25, 0.3) is 0 Å². The Bertz CT molecular complexity index is 897. The van der Waals surface area contributed by atoms with E-state index in [2.05, 4.69) is 0 Å². The predicted octanol–water partition coefficient (Wildman–Crippen LogP) is 4.87. The van der Waals surface area contributed by atoms with E-state index in [-0.39, 0.29) is 18.7 Å². The van der Waals surface area contributed by atoms with Gasteiger partial charge in [0.2, 0.25) is 0 Å². The van der Waals surface area contributed by atoms with Gasteiger partial charge in [-0.2, -0.15) is 0 Å². The smallest absolute Gasteiger partial charge is 0.338 e. The third-order valence-corrected chi connectivity index (χ3v) is 5.66. The average Bonchev–Trinajstić information content (AvgIpc) is 3.26. The zero-order chi connectivity index (χ0) is 19.0. The standard InChI is InChI=1S/C21H19ClO5/c1-21-9-2-3-14(12-26-19(23)13-4-6-16(22)7-5-13)17(21)20(24)27-18(21)15-8-10-25-11-15/h4-8,10-11,18H,2-3,9,12H2,1H3/t18-,21+/m0/s1. The summed E-state index contributed by atoms with van der Waals surface area (Å²) in [6.07, 6.45) is 5.26. The average molecular weight is 387 g/mol. The zero-order valence-electron chi connectivity index (χ0n) is 14.9. The Morgan fingerprint density at radius 1 is 1.30 bits per heavy atom. The maximum absolute atomic E-state index is 12.6. The predicted molar refractivity (Wildman–Crippen MR) is 98.3 cm³/mol. The number of rotatable bonds is 4. The first-order valence-electron chi connectivity index (χ1n) is 8.87. The Morgan fingerprint density at radius 3 is 2.78 bits per heavy atom. The van der Waals surface area contributed by atoms with Crippen molar-refractivity contribution in [2.24, 2.45) is 5.41 Å². The molecule has 27 heavy (non-hydrogen) atoms. The summed E-state index contributed by atoms with van der Waals surface area (Å²) in [6, 6.07) is 8.34. The van der Waals surface area contributed by atoms with Gasteiger partial charge in [0.15, 0.2) is 0 Å². The molecule has 1 saturated heterocycles. The lowest BCUT2D eigenvalue weighted by atomic mass is 9.68. The summed E-state index contributed by atoms with van der Waals surface area (Å²) < 4.78 is 16.3. The Hall–Kier alpha value is -2.53. The van der Waals surface area contributed by atoms with Crippen LogP contribution >= 0.6 is 11.6 Å². The second-order valence-electron chi connectivity index (χ2n) is 7.17. The third kappa shape index (κ3) is 3.16. The highest BCUT2D eigenvalue weighted by Crippen LogP contribution is 2.55. The van der Waals surface area contributed by atoms with Crippen molar-refractivity contribution in [1.29, 1.82) is 0 Å². The van der Waals surface area contributed by atoms with Crippen molar-refractivity contribution in [3.8, 4) is 0 Å². The van der Waals surface area contributed by atoms with E-state index in [0.29, 0.717) is 22.6 Å². The zero-order valence-corrected chi connectivity index (χ0v) is 15.6. The number of hydrogen-bond acceptors (Lipinski definition) is 5. The fourth-order valence-electron chi connectivity index (χ4n) is 4.08. The molecule has 2 aromatic rings. The van der Waals surface area contributed by atoms with Gasteiger partial charge in [-0.05, 0) is 55.2 Å². The number of esters is 2. The SMILES string of the molecule is C[C@@]12CCCC(COC(=O)c3ccc(Cl)cc3)=C1C(=O)O[C@H]2c1ccoc1. The van der Waals surface area contributed by atoms with Gasteiger partial charge < -0.3 is 13.9 Å². The normalized spacial score (nSPS) is 24.5. The lowest BCUT2D eigenvalue weighted by molar-refractivity contribution is -0.140. The molecule has 2 heterocycles. The molecule has 0 unspecified atom stereocenters. The van der Waals surface area contributed by atoms with Crippen LogP contribution in [0.4, 0.5) is 0 Å². The molecule has 0 bridgehead atoms. The van der Waals surface area contributed by atoms with E-state index in [1.54, 1.807) is 36.8 Å². The lowest BCUT2D eigenvalue weighted by Crippen LogP contribution is -2.28. The maximum atomic E-state index is 12.6. The molecule has 1 aliphatic heterocycles. The number of benzene rings is 1. The second-order valence-corrected chi connectivity index (χ2v) is 7.61. The van der Waals surface area contributed by atoms with Crippen molar-refractivity contribution in [3.05, 3.63) is 70.2 Å². The Morgan fingerprint density at radius 2 is 2.07 bits per heavy atom. The van der Waals surface area contributed by atoms with Crippen molar-refractivity contribution in [3.63, 3.8) is 0 Å². The molecular formula is C21H19ClO5. The van der Waals surface area contributed by atoms with Gasteiger partial charge in [-0.15, -0.1) is 0 Å². The lowest BCUT2D eigenvalue weighted by Gasteiger charge is -2.33. The van der Waals surface area contributed by atoms with Gasteiger partial charge in [0.25, 0.3) is 0 Å². The third-order valence-electron chi connectivity index (χ3n) is 5.41. The van der Waals surface area contributed by atoms with Gasteiger partial charge >= 0.3 is 11.9 Å². The minimum absolute atomic E-state index is 0.0829. The van der Waals surface area contributed by atoms with E-state index < -0.39 is 11.4 Å². The number of carbonyl (C=O) groups is 2. The van der Waals surface area contributed by atoms with E-state index >= 15 is 0 Å². The van der Waals surface area contributed by atoms with E-state index in [4.69, 9.17) is 25.5 Å². The van der Waals surface area contributed by atoms with Gasteiger partial charge in [0, 0.05) is 21.6 Å². The van der Waals surface area contributed by atoms with Crippen molar-refractivity contribution < 1.29 is 23.5 Å². The Labute approximate surface area is 161 Å². The van der Waals surface area contributed by atoms with Gasteiger partial charge in [0.1, 0.15) is 12.7 Å². The molecule has 4 rings (SSSR count). The maximum Gasteiger partial charge on any atom is 0.338 e. The van der Waals surface area contributed by atoms with Crippen LogP contribution in [0.15, 0.2) is 58.4 Å². The molecule has 2 aliphatic rings. The number of cyclic esters (lactones) is 1. The van der Waals surface area contributed by atoms with Crippen LogP contribution in [0.1, 0.15) is 48.2 Å². The molecular weight excluding hydrogens is 368 g/mol. The summed E-state index contributed by atoms with van der Waals surface area (Å²) in [5.41, 5.74) is 2.31. The highest BCUT2D eigenvalue weighted by molar-refractivity contribution is 6.30. The molecule has 0 amide bonds. The molecule has 140 valence electrons. The largest absolute Gasteiger partial charge is 0.472 e. The fraction of sp³-hybridized carbons (Fsp3) is 0.333. The van der Waals surface area contributed by atoms with Crippen molar-refractivity contribution >= 4 is 23.5 Å². The molecule has 0 radical (unpaired) electrons. The molecule has 1 fully saturated rings. The Balaban J connectivity index is 1.57. The van der Waals surface area contributed by atoms with Crippen molar-refractivity contribution in [2.75, 3.05) is 6.61 Å². The molecule has 0 N–H and O–H groups in total. The second kappa shape index (κ2) is 6.89.